The van der Waals surface area contributed by atoms with Crippen molar-refractivity contribution < 1.29 is 41.7 Å². The molecule has 0 spiro atoms. The number of fused-ring (bicyclic) bond motifs is 2. The van der Waals surface area contributed by atoms with Crippen molar-refractivity contribution in [1.82, 2.24) is 20.6 Å². The number of hydrogen-bond donors (Lipinski definition) is 3. The van der Waals surface area contributed by atoms with Crippen LogP contribution in [0.25, 0.3) is 22.2 Å². The first-order chi connectivity index (χ1) is 21.3. The average molecular weight is 625 g/mol. The van der Waals surface area contributed by atoms with Gasteiger partial charge in [0.15, 0.2) is 0 Å². The lowest BCUT2D eigenvalue weighted by Crippen LogP contribution is -2.52. The summed E-state index contributed by atoms with van der Waals surface area (Å²) in [6, 6.07) is 12.0. The van der Waals surface area contributed by atoms with Crippen LogP contribution in [-0.2, 0) is 15.8 Å². The van der Waals surface area contributed by atoms with Gasteiger partial charge in [0.1, 0.15) is 40.5 Å². The van der Waals surface area contributed by atoms with Crippen molar-refractivity contribution >= 4 is 22.7 Å². The van der Waals surface area contributed by atoms with Gasteiger partial charge in [-0.2, -0.15) is 13.2 Å². The molecule has 2 amide bonds. The summed E-state index contributed by atoms with van der Waals surface area (Å²) >= 11 is 0. The van der Waals surface area contributed by atoms with Gasteiger partial charge >= 0.3 is 6.18 Å². The summed E-state index contributed by atoms with van der Waals surface area (Å²) in [5.41, 5.74) is -5.41. The minimum Gasteiger partial charge on any atom is -0.489 e. The van der Waals surface area contributed by atoms with Crippen molar-refractivity contribution in [2.45, 2.75) is 43.1 Å². The summed E-state index contributed by atoms with van der Waals surface area (Å²) in [4.78, 5) is 34.6. The number of carbonyl (C=O) groups is 2. The van der Waals surface area contributed by atoms with Gasteiger partial charge in [0.05, 0.1) is 18.3 Å². The summed E-state index contributed by atoms with van der Waals surface area (Å²) in [5, 5.41) is 16.6. The molecule has 0 bridgehead atoms. The second-order valence-corrected chi connectivity index (χ2v) is 11.3. The molecule has 1 aliphatic carbocycles. The summed E-state index contributed by atoms with van der Waals surface area (Å²) in [7, 11) is 1.38. The van der Waals surface area contributed by atoms with E-state index in [1.165, 1.54) is 38.2 Å². The molecule has 2 aromatic carbocycles. The lowest BCUT2D eigenvalue weighted by molar-refractivity contribution is -0.265. The van der Waals surface area contributed by atoms with Gasteiger partial charge < -0.3 is 25.2 Å². The summed E-state index contributed by atoms with van der Waals surface area (Å²) in [6.45, 7) is -0.0454. The first-order valence-electron chi connectivity index (χ1n) is 14.1. The number of benzene rings is 2. The van der Waals surface area contributed by atoms with Crippen LogP contribution in [0.15, 0.2) is 60.8 Å². The number of halogens is 4. The Balaban J connectivity index is 1.41. The van der Waals surface area contributed by atoms with Gasteiger partial charge in [-0.05, 0) is 68.3 Å². The van der Waals surface area contributed by atoms with Crippen molar-refractivity contribution in [2.75, 3.05) is 20.2 Å². The van der Waals surface area contributed by atoms with Crippen molar-refractivity contribution in [3.8, 4) is 22.8 Å². The molecule has 6 rings (SSSR count). The number of nitrogens with zero attached hydrogens (tertiary/aromatic N) is 2. The Morgan fingerprint density at radius 2 is 1.87 bits per heavy atom. The van der Waals surface area contributed by atoms with Crippen molar-refractivity contribution in [1.29, 1.82) is 0 Å². The second kappa shape index (κ2) is 11.0. The van der Waals surface area contributed by atoms with Gasteiger partial charge in [-0.15, -0.1) is 0 Å². The molecule has 234 valence electrons. The highest BCUT2D eigenvalue weighted by Gasteiger charge is 2.58. The maximum absolute atomic E-state index is 14.8. The van der Waals surface area contributed by atoms with Gasteiger partial charge in [0.2, 0.25) is 11.5 Å². The largest absolute Gasteiger partial charge is 0.489 e. The number of aliphatic hydroxyl groups is 1. The summed E-state index contributed by atoms with van der Waals surface area (Å²) in [6.07, 6.45) is -2.13. The van der Waals surface area contributed by atoms with Crippen LogP contribution in [0, 0.1) is 5.82 Å². The lowest BCUT2D eigenvalue weighted by atomic mass is 9.81. The topological polar surface area (TPSA) is 123 Å². The van der Waals surface area contributed by atoms with Crippen LogP contribution in [0.2, 0.25) is 0 Å². The smallest absolute Gasteiger partial charge is 0.424 e. The normalized spacial score (nSPS) is 18.9. The van der Waals surface area contributed by atoms with E-state index in [4.69, 9.17) is 9.47 Å². The number of aromatic nitrogens is 2. The van der Waals surface area contributed by atoms with Gasteiger partial charge in [-0.1, -0.05) is 6.07 Å². The van der Waals surface area contributed by atoms with E-state index >= 15 is 0 Å². The Bertz CT molecular complexity index is 1810. The van der Waals surface area contributed by atoms with E-state index in [-0.39, 0.29) is 40.8 Å². The average Bonchev–Trinajstić information content (AvgIpc) is 3.78. The zero-order valence-corrected chi connectivity index (χ0v) is 24.2. The fourth-order valence-corrected chi connectivity index (χ4v) is 5.25. The monoisotopic (exact) mass is 624 g/mol. The molecule has 1 saturated carbocycles. The quantitative estimate of drug-likeness (QED) is 0.246. The molecule has 13 heteroatoms. The number of carbonyl (C=O) groups excluding carboxylic acids is 2. The predicted molar refractivity (Wildman–Crippen MR) is 154 cm³/mol. The molecule has 3 N–H and O–H groups in total. The SMILES string of the molecule is CNC(=O)[C@@]1(C)COc2c1cc(C(O)(CNC(=O)c1cc(OC3CC3)c3ncccc3c1)C(F)(F)F)nc2-c1ccc(F)cc1. The Kier molecular flexibility index (Phi) is 7.39. The highest BCUT2D eigenvalue weighted by Crippen LogP contribution is 2.48. The van der Waals surface area contributed by atoms with Crippen molar-refractivity contribution in [2.24, 2.45) is 0 Å². The molecule has 2 atom stereocenters. The molecule has 2 aliphatic rings. The standard InChI is InChI=1S/C32H28F4N4O5/c1-30(29(42)37-2)16-44-27-22(30)14-24(40-26(27)17-5-7-20(33)8-6-17)31(43,32(34,35)36)15-39-28(41)19-12-18-4-3-11-38-25(18)23(13-19)45-21-9-10-21/h3-8,11-14,21,43H,9-10,15-16H2,1-2H3,(H,37,42)(H,39,41)/t30-,31?/m0/s1. The van der Waals surface area contributed by atoms with Gasteiger partial charge in [-0.25, -0.2) is 9.37 Å². The first-order valence-corrected chi connectivity index (χ1v) is 14.1. The van der Waals surface area contributed by atoms with E-state index in [1.807, 2.05) is 0 Å². The number of amides is 2. The number of nitrogens with one attached hydrogen (secondary N) is 2. The molecule has 45 heavy (non-hydrogen) atoms. The van der Waals surface area contributed by atoms with Crippen LogP contribution in [0.1, 0.15) is 41.4 Å². The molecule has 9 nitrogen and oxygen atoms in total. The highest BCUT2D eigenvalue weighted by atomic mass is 19.4. The lowest BCUT2D eigenvalue weighted by Gasteiger charge is -2.31. The summed E-state index contributed by atoms with van der Waals surface area (Å²) < 4.78 is 69.8. The minimum atomic E-state index is -5.34. The van der Waals surface area contributed by atoms with E-state index in [0.717, 1.165) is 31.0 Å². The Morgan fingerprint density at radius 3 is 2.53 bits per heavy atom. The molecule has 0 saturated heterocycles. The van der Waals surface area contributed by atoms with Gasteiger partial charge in [-0.3, -0.25) is 14.6 Å². The van der Waals surface area contributed by atoms with Crippen LogP contribution in [0.5, 0.6) is 11.5 Å². The first kappa shape index (κ1) is 30.3. The maximum Gasteiger partial charge on any atom is 0.424 e. The van der Waals surface area contributed by atoms with Gasteiger partial charge in [0, 0.05) is 35.3 Å². The molecule has 3 heterocycles. The third kappa shape index (κ3) is 5.41. The van der Waals surface area contributed by atoms with Crippen LogP contribution in [-0.4, -0.2) is 59.4 Å². The number of rotatable bonds is 8. The maximum atomic E-state index is 14.8. The number of likely N-dealkylation sites (N-methyl/N-ethyl adjacent to an activating group) is 1. The Morgan fingerprint density at radius 1 is 1.13 bits per heavy atom. The molecule has 1 unspecified atom stereocenters. The minimum absolute atomic E-state index is 0.00480. The second-order valence-electron chi connectivity index (χ2n) is 11.3. The zero-order valence-electron chi connectivity index (χ0n) is 24.2. The molecular weight excluding hydrogens is 596 g/mol. The van der Waals surface area contributed by atoms with Crippen molar-refractivity contribution in [3.05, 3.63) is 83.4 Å². The third-order valence-corrected chi connectivity index (χ3v) is 8.07. The zero-order chi connectivity index (χ0) is 32.1. The van der Waals surface area contributed by atoms with E-state index in [0.29, 0.717) is 16.7 Å². The molecular formula is C32H28F4N4O5. The van der Waals surface area contributed by atoms with E-state index in [9.17, 15) is 32.3 Å². The molecule has 1 aliphatic heterocycles. The number of hydrogen-bond acceptors (Lipinski definition) is 7. The number of pyridine rings is 2. The number of ether oxygens (including phenoxy) is 2. The fraction of sp³-hybridized carbons (Fsp3) is 0.312. The molecule has 0 radical (unpaired) electrons. The molecule has 1 fully saturated rings. The van der Waals surface area contributed by atoms with Crippen molar-refractivity contribution in [3.63, 3.8) is 0 Å². The highest BCUT2D eigenvalue weighted by molar-refractivity contribution is 6.00. The Hall–Kier alpha value is -4.78. The molecule has 2 aromatic heterocycles. The fourth-order valence-electron chi connectivity index (χ4n) is 5.25. The number of alkyl halides is 3. The Labute approximate surface area is 254 Å². The van der Waals surface area contributed by atoms with Crippen LogP contribution >= 0.6 is 0 Å². The van der Waals surface area contributed by atoms with E-state index < -0.39 is 47.1 Å². The van der Waals surface area contributed by atoms with E-state index in [1.54, 1.807) is 18.3 Å². The predicted octanol–water partition coefficient (Wildman–Crippen LogP) is 4.55. The molecule has 4 aromatic rings. The third-order valence-electron chi connectivity index (χ3n) is 8.07. The van der Waals surface area contributed by atoms with Crippen LogP contribution < -0.4 is 20.1 Å². The van der Waals surface area contributed by atoms with Crippen LogP contribution in [0.3, 0.4) is 0 Å². The van der Waals surface area contributed by atoms with Gasteiger partial charge in [0.25, 0.3) is 5.91 Å². The summed E-state index contributed by atoms with van der Waals surface area (Å²) in [5.74, 6) is -1.68. The van der Waals surface area contributed by atoms with Crippen LogP contribution in [0.4, 0.5) is 17.6 Å². The van der Waals surface area contributed by atoms with E-state index in [2.05, 4.69) is 20.6 Å².